The third kappa shape index (κ3) is 3.72. The number of amides is 2. The third-order valence-corrected chi connectivity index (χ3v) is 7.85. The van der Waals surface area contributed by atoms with Crippen molar-refractivity contribution in [1.29, 1.82) is 0 Å². The third-order valence-electron chi connectivity index (χ3n) is 7.85. The SMILES string of the molecule is O=C(N1CCn2cc(-c3[nH][nH]c(=O)c3-c3cnc4ccccn34)c3cc(F)cc(c32)C1)N1CCC(F)(F)C(O)C1. The molecule has 0 radical (unpaired) electrons. The Morgan fingerprint density at radius 3 is 2.80 bits per heavy atom. The average molecular weight is 552 g/mol. The number of nitrogens with one attached hydrogen (secondary N) is 2. The number of alkyl halides is 2. The van der Waals surface area contributed by atoms with Gasteiger partial charge in [0.2, 0.25) is 0 Å². The number of piperidine rings is 1. The Balaban J connectivity index is 1.29. The summed E-state index contributed by atoms with van der Waals surface area (Å²) in [5.74, 6) is -3.75. The van der Waals surface area contributed by atoms with Crippen LogP contribution in [0.1, 0.15) is 12.0 Å². The first-order valence-corrected chi connectivity index (χ1v) is 12.9. The van der Waals surface area contributed by atoms with Crippen LogP contribution in [0.3, 0.4) is 0 Å². The number of aromatic nitrogens is 5. The number of hydrogen-bond donors (Lipinski definition) is 3. The maximum Gasteiger partial charge on any atom is 0.320 e. The summed E-state index contributed by atoms with van der Waals surface area (Å²) < 4.78 is 46.3. The largest absolute Gasteiger partial charge is 0.385 e. The van der Waals surface area contributed by atoms with E-state index in [1.165, 1.54) is 21.9 Å². The molecule has 4 aromatic heterocycles. The molecule has 40 heavy (non-hydrogen) atoms. The molecule has 5 aromatic rings. The summed E-state index contributed by atoms with van der Waals surface area (Å²) in [6, 6.07) is 7.78. The van der Waals surface area contributed by atoms with E-state index in [0.717, 1.165) is 0 Å². The monoisotopic (exact) mass is 551 g/mol. The van der Waals surface area contributed by atoms with Gasteiger partial charge in [-0.15, -0.1) is 0 Å². The lowest BCUT2D eigenvalue weighted by Gasteiger charge is -2.38. The normalized spacial score (nSPS) is 18.9. The fourth-order valence-electron chi connectivity index (χ4n) is 5.84. The summed E-state index contributed by atoms with van der Waals surface area (Å²) in [5, 5.41) is 16.0. The van der Waals surface area contributed by atoms with Gasteiger partial charge in [-0.25, -0.2) is 22.9 Å². The van der Waals surface area contributed by atoms with Gasteiger partial charge in [-0.2, -0.15) is 0 Å². The summed E-state index contributed by atoms with van der Waals surface area (Å²) in [7, 11) is 0. The number of hydrogen-bond acceptors (Lipinski definition) is 4. The van der Waals surface area contributed by atoms with Crippen LogP contribution in [0.25, 0.3) is 39.1 Å². The van der Waals surface area contributed by atoms with Gasteiger partial charge in [-0.05, 0) is 29.8 Å². The molecule has 13 heteroatoms. The van der Waals surface area contributed by atoms with Crippen LogP contribution in [0.4, 0.5) is 18.0 Å². The number of rotatable bonds is 2. The van der Waals surface area contributed by atoms with Crippen molar-refractivity contribution in [1.82, 2.24) is 33.9 Å². The molecular weight excluding hydrogens is 527 g/mol. The molecular formula is C27H24F3N7O3. The van der Waals surface area contributed by atoms with Crippen LogP contribution >= 0.6 is 0 Å². The average Bonchev–Trinajstić information content (AvgIpc) is 3.58. The zero-order valence-electron chi connectivity index (χ0n) is 21.1. The number of fused-ring (bicyclic) bond motifs is 1. The van der Waals surface area contributed by atoms with Gasteiger partial charge in [0.15, 0.2) is 0 Å². The fraction of sp³-hybridized carbons (Fsp3) is 0.296. The molecule has 6 heterocycles. The van der Waals surface area contributed by atoms with Gasteiger partial charge in [0.05, 0.1) is 35.2 Å². The highest BCUT2D eigenvalue weighted by atomic mass is 19.3. The zero-order valence-corrected chi connectivity index (χ0v) is 21.1. The summed E-state index contributed by atoms with van der Waals surface area (Å²) in [4.78, 5) is 33.3. The van der Waals surface area contributed by atoms with Gasteiger partial charge in [-0.3, -0.25) is 19.4 Å². The predicted molar refractivity (Wildman–Crippen MR) is 139 cm³/mol. The number of pyridine rings is 1. The number of aliphatic hydroxyl groups is 1. The van der Waals surface area contributed by atoms with Crippen LogP contribution in [-0.2, 0) is 13.1 Å². The van der Waals surface area contributed by atoms with E-state index in [1.54, 1.807) is 16.8 Å². The van der Waals surface area contributed by atoms with E-state index in [4.69, 9.17) is 0 Å². The molecule has 7 rings (SSSR count). The number of imidazole rings is 1. The van der Waals surface area contributed by atoms with Crippen molar-refractivity contribution in [3.05, 3.63) is 70.7 Å². The van der Waals surface area contributed by atoms with Gasteiger partial charge in [0.25, 0.3) is 11.5 Å². The lowest BCUT2D eigenvalue weighted by atomic mass is 10.0. The zero-order chi connectivity index (χ0) is 27.8. The number of nitrogens with zero attached hydrogens (tertiary/aromatic N) is 5. The van der Waals surface area contributed by atoms with Crippen LogP contribution in [0, 0.1) is 5.82 Å². The molecule has 2 aliphatic heterocycles. The van der Waals surface area contributed by atoms with E-state index >= 15 is 4.39 Å². The summed E-state index contributed by atoms with van der Waals surface area (Å²) in [5.41, 5.74) is 3.60. The summed E-state index contributed by atoms with van der Waals surface area (Å²) >= 11 is 0. The van der Waals surface area contributed by atoms with Crippen molar-refractivity contribution in [3.63, 3.8) is 0 Å². The van der Waals surface area contributed by atoms with E-state index in [0.29, 0.717) is 51.2 Å². The van der Waals surface area contributed by atoms with Gasteiger partial charge in [-0.1, -0.05) is 6.07 Å². The number of urea groups is 1. The Bertz CT molecular complexity index is 1850. The van der Waals surface area contributed by atoms with Crippen LogP contribution in [0.15, 0.2) is 53.7 Å². The second-order valence-electron chi connectivity index (χ2n) is 10.3. The number of β-amino-alcohol motifs (C(OH)–C–C–N with tert-alkyl or cyclic N) is 1. The minimum absolute atomic E-state index is 0.0588. The van der Waals surface area contributed by atoms with Crippen LogP contribution in [0.2, 0.25) is 0 Å². The number of halogens is 3. The Morgan fingerprint density at radius 1 is 1.12 bits per heavy atom. The molecule has 1 unspecified atom stereocenters. The van der Waals surface area contributed by atoms with E-state index in [2.05, 4.69) is 15.2 Å². The molecule has 1 fully saturated rings. The highest BCUT2D eigenvalue weighted by Gasteiger charge is 2.45. The number of benzene rings is 1. The summed E-state index contributed by atoms with van der Waals surface area (Å²) in [6.45, 7) is 0.00698. The van der Waals surface area contributed by atoms with Crippen molar-refractivity contribution in [2.75, 3.05) is 19.6 Å². The molecule has 0 saturated carbocycles. The van der Waals surface area contributed by atoms with Crippen molar-refractivity contribution in [2.24, 2.45) is 0 Å². The Hall–Kier alpha value is -4.52. The first kappa shape index (κ1) is 24.5. The van der Waals surface area contributed by atoms with E-state index in [-0.39, 0.29) is 25.2 Å². The number of carbonyl (C=O) groups excluding carboxylic acids is 1. The van der Waals surface area contributed by atoms with Gasteiger partial charge in [0, 0.05) is 55.9 Å². The topological polar surface area (TPSA) is 115 Å². The van der Waals surface area contributed by atoms with Crippen molar-refractivity contribution in [2.45, 2.75) is 31.5 Å². The first-order chi connectivity index (χ1) is 19.2. The molecule has 0 aliphatic carbocycles. The van der Waals surface area contributed by atoms with Gasteiger partial charge < -0.3 is 19.5 Å². The first-order valence-electron chi connectivity index (χ1n) is 12.9. The molecule has 1 atom stereocenters. The molecule has 10 nitrogen and oxygen atoms in total. The predicted octanol–water partition coefficient (Wildman–Crippen LogP) is 3.42. The highest BCUT2D eigenvalue weighted by molar-refractivity contribution is 6.00. The van der Waals surface area contributed by atoms with E-state index < -0.39 is 36.8 Å². The minimum Gasteiger partial charge on any atom is -0.385 e. The van der Waals surface area contributed by atoms with Crippen molar-refractivity contribution in [3.8, 4) is 22.5 Å². The van der Waals surface area contributed by atoms with Gasteiger partial charge >= 0.3 is 6.03 Å². The molecule has 1 aromatic carbocycles. The van der Waals surface area contributed by atoms with Crippen LogP contribution in [0.5, 0.6) is 0 Å². The smallest absolute Gasteiger partial charge is 0.320 e. The lowest BCUT2D eigenvalue weighted by molar-refractivity contribution is -0.141. The molecule has 3 N–H and O–H groups in total. The van der Waals surface area contributed by atoms with E-state index in [1.807, 2.05) is 29.0 Å². The summed E-state index contributed by atoms with van der Waals surface area (Å²) in [6.07, 6.45) is 2.69. The molecule has 1 saturated heterocycles. The maximum atomic E-state index is 15.0. The number of carbonyl (C=O) groups is 1. The second-order valence-corrected chi connectivity index (χ2v) is 10.3. The van der Waals surface area contributed by atoms with Crippen LogP contribution < -0.4 is 5.56 Å². The number of aliphatic hydroxyl groups excluding tert-OH is 1. The quantitative estimate of drug-likeness (QED) is 0.312. The van der Waals surface area contributed by atoms with Crippen LogP contribution in [-0.4, -0.2) is 76.7 Å². The molecule has 0 bridgehead atoms. The molecule has 206 valence electrons. The number of aromatic amines is 2. The lowest BCUT2D eigenvalue weighted by Crippen LogP contribution is -2.55. The van der Waals surface area contributed by atoms with Crippen molar-refractivity contribution < 1.29 is 23.1 Å². The second kappa shape index (κ2) is 8.74. The number of likely N-dealkylation sites (tertiary alicyclic amines) is 1. The Labute approximate surface area is 224 Å². The highest BCUT2D eigenvalue weighted by Crippen LogP contribution is 2.38. The Kier molecular flexibility index (Phi) is 5.36. The fourth-order valence-corrected chi connectivity index (χ4v) is 5.84. The molecule has 2 amide bonds. The molecule has 0 spiro atoms. The molecule has 2 aliphatic rings. The number of H-pyrrole nitrogens is 2. The minimum atomic E-state index is -3.24. The van der Waals surface area contributed by atoms with E-state index in [9.17, 15) is 23.5 Å². The maximum absolute atomic E-state index is 15.0. The van der Waals surface area contributed by atoms with Crippen molar-refractivity contribution >= 4 is 22.6 Å². The van der Waals surface area contributed by atoms with Gasteiger partial charge in [0.1, 0.15) is 17.6 Å². The standard InChI is InChI=1S/C27H24F3N7O3/c28-16-9-15-12-36(26(40)35-6-4-27(29,30)20(38)14-35)8-7-34-13-18(17(10-16)24(15)34)23-22(25(39)33-32-23)19-11-31-21-3-1-2-5-37(19)21/h1-3,5,9-11,13,20,38H,4,6-8,12,14H2,(H2,32,33,39). The Morgan fingerprint density at radius 2 is 1.98 bits per heavy atom.